The van der Waals surface area contributed by atoms with Gasteiger partial charge in [0, 0.05) is 0 Å². The highest BCUT2D eigenvalue weighted by molar-refractivity contribution is 5.92. The molecule has 0 aliphatic carbocycles. The van der Waals surface area contributed by atoms with E-state index in [4.69, 9.17) is 15.3 Å². The van der Waals surface area contributed by atoms with Crippen molar-refractivity contribution in [2.24, 2.45) is 5.92 Å². The van der Waals surface area contributed by atoms with E-state index in [0.29, 0.717) is 0 Å². The van der Waals surface area contributed by atoms with Gasteiger partial charge in [0.25, 0.3) is 0 Å². The fourth-order valence-electron chi connectivity index (χ4n) is 0.301. The molecule has 0 atom stereocenters. The lowest BCUT2D eigenvalue weighted by Gasteiger charge is -1.94. The zero-order valence-electron chi connectivity index (χ0n) is 8.67. The average molecular weight is 236 g/mol. The van der Waals surface area contributed by atoms with Gasteiger partial charge >= 0.3 is 23.9 Å². The Kier molecular flexibility index (Phi) is 8.37. The molecule has 0 unspecified atom stereocenters. The number of aliphatic carboxylic acids is 3. The summed E-state index contributed by atoms with van der Waals surface area (Å²) in [4.78, 5) is 39.2. The number of hydrogen-bond donors (Lipinski definition) is 3. The summed E-state index contributed by atoms with van der Waals surface area (Å²) in [5.41, 5.74) is 0. The molecule has 0 aromatic carbocycles. The van der Waals surface area contributed by atoms with Crippen LogP contribution >= 0.6 is 0 Å². The van der Waals surface area contributed by atoms with Crippen LogP contribution in [-0.2, 0) is 23.9 Å². The van der Waals surface area contributed by atoms with Crippen LogP contribution in [0.5, 0.6) is 0 Å². The van der Waals surface area contributed by atoms with Crippen molar-refractivity contribution in [3.05, 3.63) is 0 Å². The highest BCUT2D eigenvalue weighted by Gasteiger charge is 2.18. The van der Waals surface area contributed by atoms with E-state index >= 15 is 0 Å². The molecule has 0 saturated carbocycles. The third kappa shape index (κ3) is 9.96. The van der Waals surface area contributed by atoms with E-state index in [9.17, 15) is 19.2 Å². The van der Waals surface area contributed by atoms with Gasteiger partial charge in [0.1, 0.15) is 6.42 Å². The number of ether oxygens (including phenoxy) is 1. The molecule has 3 N–H and O–H groups in total. The highest BCUT2D eigenvalue weighted by atomic mass is 16.5. The Hall–Kier alpha value is -2.12. The van der Waals surface area contributed by atoms with Gasteiger partial charge in [-0.1, -0.05) is 0 Å². The van der Waals surface area contributed by atoms with Crippen LogP contribution in [0, 0.1) is 5.92 Å². The first-order chi connectivity index (χ1) is 7.22. The SMILES string of the molecule is CC(C(=O)O)C(=O)O.COC(=O)CC(=O)O. The second-order valence-electron chi connectivity index (χ2n) is 2.54. The zero-order chi connectivity index (χ0) is 13.3. The fraction of sp³-hybridized carbons (Fsp3) is 0.500. The maximum Gasteiger partial charge on any atom is 0.317 e. The summed E-state index contributed by atoms with van der Waals surface area (Å²) in [6.07, 6.45) is -0.559. The first kappa shape index (κ1) is 16.3. The van der Waals surface area contributed by atoms with Gasteiger partial charge in [0.2, 0.25) is 0 Å². The van der Waals surface area contributed by atoms with Crippen LogP contribution in [0.15, 0.2) is 0 Å². The predicted octanol–water partition coefficient (Wildman–Crippen LogP) is -0.574. The van der Waals surface area contributed by atoms with Gasteiger partial charge < -0.3 is 20.1 Å². The molecule has 0 aliphatic heterocycles. The summed E-state index contributed by atoms with van der Waals surface area (Å²) in [5, 5.41) is 23.9. The van der Waals surface area contributed by atoms with Crippen molar-refractivity contribution >= 4 is 23.9 Å². The van der Waals surface area contributed by atoms with Crippen molar-refractivity contribution in [2.75, 3.05) is 7.11 Å². The number of rotatable bonds is 4. The Balaban J connectivity index is 0. The van der Waals surface area contributed by atoms with Gasteiger partial charge in [-0.05, 0) is 6.92 Å². The monoisotopic (exact) mass is 236 g/mol. The lowest BCUT2D eigenvalue weighted by atomic mass is 10.2. The molecular formula is C8H12O8. The van der Waals surface area contributed by atoms with Crippen molar-refractivity contribution in [3.63, 3.8) is 0 Å². The molecule has 0 radical (unpaired) electrons. The maximum atomic E-state index is 10.0. The molecule has 0 rings (SSSR count). The van der Waals surface area contributed by atoms with E-state index in [1.807, 2.05) is 0 Å². The molecule has 0 bridgehead atoms. The van der Waals surface area contributed by atoms with E-state index in [-0.39, 0.29) is 0 Å². The number of hydrogen-bond acceptors (Lipinski definition) is 5. The van der Waals surface area contributed by atoms with Gasteiger partial charge in [-0.15, -0.1) is 0 Å². The van der Waals surface area contributed by atoms with Crippen LogP contribution in [0.2, 0.25) is 0 Å². The molecule has 0 aromatic heterocycles. The lowest BCUT2D eigenvalue weighted by Crippen LogP contribution is -2.19. The van der Waals surface area contributed by atoms with Gasteiger partial charge in [0.05, 0.1) is 7.11 Å². The fourth-order valence-corrected chi connectivity index (χ4v) is 0.301. The number of methoxy groups -OCH3 is 1. The summed E-state index contributed by atoms with van der Waals surface area (Å²) in [6, 6.07) is 0. The first-order valence-electron chi connectivity index (χ1n) is 3.96. The Morgan fingerprint density at radius 3 is 1.50 bits per heavy atom. The zero-order valence-corrected chi connectivity index (χ0v) is 8.67. The quantitative estimate of drug-likeness (QED) is 0.435. The van der Waals surface area contributed by atoms with Crippen molar-refractivity contribution in [1.82, 2.24) is 0 Å². The maximum absolute atomic E-state index is 10.0. The smallest absolute Gasteiger partial charge is 0.317 e. The van der Waals surface area contributed by atoms with Gasteiger partial charge in [0.15, 0.2) is 5.92 Å². The minimum absolute atomic E-state index is 0.559. The molecule has 8 nitrogen and oxygen atoms in total. The molecule has 0 heterocycles. The third-order valence-electron chi connectivity index (χ3n) is 1.26. The summed E-state index contributed by atoms with van der Waals surface area (Å²) < 4.78 is 4.04. The van der Waals surface area contributed by atoms with E-state index < -0.39 is 36.2 Å². The number of carboxylic acid groups (broad SMARTS) is 3. The predicted molar refractivity (Wildman–Crippen MR) is 48.7 cm³/mol. The number of carbonyl (C=O) groups excluding carboxylic acids is 1. The number of carboxylic acids is 3. The summed E-state index contributed by atoms with van der Waals surface area (Å²) in [5.74, 6) is -5.81. The van der Waals surface area contributed by atoms with Crippen molar-refractivity contribution in [1.29, 1.82) is 0 Å². The van der Waals surface area contributed by atoms with Crippen molar-refractivity contribution < 1.29 is 39.2 Å². The minimum Gasteiger partial charge on any atom is -0.481 e. The van der Waals surface area contributed by atoms with E-state index in [1.165, 1.54) is 0 Å². The average Bonchev–Trinajstić information content (AvgIpc) is 2.16. The second-order valence-corrected chi connectivity index (χ2v) is 2.54. The molecule has 0 saturated heterocycles. The van der Waals surface area contributed by atoms with Crippen LogP contribution in [0.1, 0.15) is 13.3 Å². The first-order valence-corrected chi connectivity index (χ1v) is 3.96. The number of carbonyl (C=O) groups is 4. The lowest BCUT2D eigenvalue weighted by molar-refractivity contribution is -0.154. The molecular weight excluding hydrogens is 224 g/mol. The van der Waals surface area contributed by atoms with Gasteiger partial charge in [-0.2, -0.15) is 0 Å². The van der Waals surface area contributed by atoms with Crippen LogP contribution in [-0.4, -0.2) is 46.3 Å². The topological polar surface area (TPSA) is 138 Å². The van der Waals surface area contributed by atoms with Crippen molar-refractivity contribution in [2.45, 2.75) is 13.3 Å². The Labute approximate surface area is 90.4 Å². The largest absolute Gasteiger partial charge is 0.481 e. The number of esters is 1. The Bertz CT molecular complexity index is 265. The summed E-state index contributed by atoms with van der Waals surface area (Å²) >= 11 is 0. The van der Waals surface area contributed by atoms with Crippen LogP contribution in [0.3, 0.4) is 0 Å². The summed E-state index contributed by atoms with van der Waals surface area (Å²) in [7, 11) is 1.14. The molecule has 0 amide bonds. The van der Waals surface area contributed by atoms with Crippen LogP contribution in [0.25, 0.3) is 0 Å². The van der Waals surface area contributed by atoms with Crippen LogP contribution in [0.4, 0.5) is 0 Å². The molecule has 0 aromatic rings. The molecule has 8 heteroatoms. The Morgan fingerprint density at radius 1 is 1.06 bits per heavy atom. The molecule has 0 spiro atoms. The van der Waals surface area contributed by atoms with E-state index in [1.54, 1.807) is 0 Å². The minimum atomic E-state index is -1.31. The van der Waals surface area contributed by atoms with Crippen molar-refractivity contribution in [3.8, 4) is 0 Å². The second kappa shape index (κ2) is 8.21. The normalized spacial score (nSPS) is 8.69. The molecule has 0 aliphatic rings. The van der Waals surface area contributed by atoms with Gasteiger partial charge in [-0.25, -0.2) is 0 Å². The Morgan fingerprint density at radius 2 is 1.44 bits per heavy atom. The van der Waals surface area contributed by atoms with Gasteiger partial charge in [-0.3, -0.25) is 19.2 Å². The highest BCUT2D eigenvalue weighted by Crippen LogP contribution is 1.91. The molecule has 92 valence electrons. The molecule has 0 fully saturated rings. The van der Waals surface area contributed by atoms with Crippen LogP contribution < -0.4 is 0 Å². The molecule has 16 heavy (non-hydrogen) atoms. The van der Waals surface area contributed by atoms with E-state index in [0.717, 1.165) is 14.0 Å². The third-order valence-corrected chi connectivity index (χ3v) is 1.26. The standard InChI is InChI=1S/2C4H6O4/c1-8-4(7)2-3(5)6;1-2(3(5)6)4(7)8/h2H2,1H3,(H,5,6);2H,1H3,(H,5,6)(H,7,8). The van der Waals surface area contributed by atoms with E-state index in [2.05, 4.69) is 4.74 Å². The summed E-state index contributed by atoms with van der Waals surface area (Å²) in [6.45, 7) is 1.12.